The van der Waals surface area contributed by atoms with Crippen molar-refractivity contribution in [2.24, 2.45) is 0 Å². The summed E-state index contributed by atoms with van der Waals surface area (Å²) in [5, 5.41) is 7.36. The van der Waals surface area contributed by atoms with Gasteiger partial charge in [0.25, 0.3) is 5.56 Å². The van der Waals surface area contributed by atoms with Gasteiger partial charge in [-0.2, -0.15) is 5.10 Å². The lowest BCUT2D eigenvalue weighted by Crippen LogP contribution is -2.35. The molecule has 0 bridgehead atoms. The fraction of sp³-hybridized carbons (Fsp3) is 0.240. The molecule has 7 heteroatoms. The molecular formula is C25H23BrN4O2. The predicted octanol–water partition coefficient (Wildman–Crippen LogP) is 4.29. The van der Waals surface area contributed by atoms with E-state index >= 15 is 0 Å². The summed E-state index contributed by atoms with van der Waals surface area (Å²) in [4.78, 5) is 25.9. The number of carbonyl (C=O) groups is 1. The van der Waals surface area contributed by atoms with E-state index in [2.05, 4.69) is 45.4 Å². The van der Waals surface area contributed by atoms with Crippen LogP contribution in [0, 0.1) is 0 Å². The topological polar surface area (TPSA) is 68.4 Å². The maximum atomic E-state index is 13.2. The standard InChI is InChI=1S/C25H23BrN4O2/c1-2-22-20(17-7-10-18(26)11-8-17)13-23-25(32)30(27-15-29(22)23)14-24(31)28-21-12-9-16-5-3-4-6-19(16)21/h3-8,10-11,13,15,21H,2,9,12,14H2,1H3,(H,28,31). The molecule has 1 N–H and O–H groups in total. The van der Waals surface area contributed by atoms with Gasteiger partial charge in [0.1, 0.15) is 18.4 Å². The molecule has 5 rings (SSSR count). The number of nitrogens with zero attached hydrogens (tertiary/aromatic N) is 3. The summed E-state index contributed by atoms with van der Waals surface area (Å²) < 4.78 is 4.08. The quantitative estimate of drug-likeness (QED) is 0.453. The van der Waals surface area contributed by atoms with Crippen LogP contribution >= 0.6 is 15.9 Å². The number of hydrogen-bond acceptors (Lipinski definition) is 3. The van der Waals surface area contributed by atoms with Crippen molar-refractivity contribution in [3.63, 3.8) is 0 Å². The molecular weight excluding hydrogens is 468 g/mol. The molecule has 0 spiro atoms. The summed E-state index contributed by atoms with van der Waals surface area (Å²) in [6.07, 6.45) is 4.22. The summed E-state index contributed by atoms with van der Waals surface area (Å²) in [6, 6.07) is 18.1. The minimum absolute atomic E-state index is 0.0119. The van der Waals surface area contributed by atoms with E-state index < -0.39 is 0 Å². The number of aryl methyl sites for hydroxylation is 2. The number of amides is 1. The number of aromatic nitrogens is 3. The van der Waals surface area contributed by atoms with E-state index in [-0.39, 0.29) is 24.1 Å². The smallest absolute Gasteiger partial charge is 0.291 e. The number of halogens is 1. The summed E-state index contributed by atoms with van der Waals surface area (Å²) in [6.45, 7) is 1.96. The molecule has 2 aromatic heterocycles. The Hall–Kier alpha value is -3.19. The van der Waals surface area contributed by atoms with Crippen LogP contribution in [0.15, 0.2) is 70.2 Å². The molecule has 1 atom stereocenters. The summed E-state index contributed by atoms with van der Waals surface area (Å²) in [5.41, 5.74) is 5.75. The number of hydrogen-bond donors (Lipinski definition) is 1. The highest BCUT2D eigenvalue weighted by molar-refractivity contribution is 9.10. The molecule has 2 aromatic carbocycles. The van der Waals surface area contributed by atoms with Crippen LogP contribution in [0.3, 0.4) is 0 Å². The van der Waals surface area contributed by atoms with Crippen LogP contribution in [0.1, 0.15) is 36.2 Å². The Morgan fingerprint density at radius 1 is 1.19 bits per heavy atom. The van der Waals surface area contributed by atoms with Crippen LogP contribution in [0.5, 0.6) is 0 Å². The Morgan fingerprint density at radius 2 is 1.97 bits per heavy atom. The average molecular weight is 491 g/mol. The zero-order chi connectivity index (χ0) is 22.2. The Labute approximate surface area is 194 Å². The fourth-order valence-corrected chi connectivity index (χ4v) is 4.86. The molecule has 0 fully saturated rings. The summed E-state index contributed by atoms with van der Waals surface area (Å²) in [7, 11) is 0. The number of nitrogens with one attached hydrogen (secondary N) is 1. The third-order valence-corrected chi connectivity index (χ3v) is 6.68. The molecule has 1 unspecified atom stereocenters. The van der Waals surface area contributed by atoms with Crippen molar-refractivity contribution in [3.05, 3.63) is 92.6 Å². The second-order valence-corrected chi connectivity index (χ2v) is 8.99. The second-order valence-electron chi connectivity index (χ2n) is 8.07. The van der Waals surface area contributed by atoms with Gasteiger partial charge in [0, 0.05) is 15.7 Å². The van der Waals surface area contributed by atoms with Crippen LogP contribution in [0.25, 0.3) is 16.6 Å². The molecule has 1 aliphatic carbocycles. The zero-order valence-electron chi connectivity index (χ0n) is 17.7. The van der Waals surface area contributed by atoms with Gasteiger partial charge in [-0.3, -0.25) is 14.0 Å². The van der Waals surface area contributed by atoms with E-state index in [0.717, 1.165) is 46.1 Å². The van der Waals surface area contributed by atoms with Crippen LogP contribution in [0.2, 0.25) is 0 Å². The normalized spacial score (nSPS) is 15.1. The largest absolute Gasteiger partial charge is 0.348 e. The molecule has 0 radical (unpaired) electrons. The van der Waals surface area contributed by atoms with Gasteiger partial charge in [0.2, 0.25) is 5.91 Å². The molecule has 6 nitrogen and oxygen atoms in total. The highest BCUT2D eigenvalue weighted by Crippen LogP contribution is 2.31. The molecule has 1 aliphatic rings. The van der Waals surface area contributed by atoms with Gasteiger partial charge >= 0.3 is 0 Å². The number of benzene rings is 2. The summed E-state index contributed by atoms with van der Waals surface area (Å²) in [5.74, 6) is -0.207. The first-order valence-corrected chi connectivity index (χ1v) is 11.6. The van der Waals surface area contributed by atoms with Crippen LogP contribution in [-0.2, 0) is 24.2 Å². The van der Waals surface area contributed by atoms with Crippen molar-refractivity contribution < 1.29 is 4.79 Å². The van der Waals surface area contributed by atoms with Crippen LogP contribution < -0.4 is 10.9 Å². The van der Waals surface area contributed by atoms with Gasteiger partial charge < -0.3 is 5.32 Å². The van der Waals surface area contributed by atoms with Gasteiger partial charge in [0.15, 0.2) is 0 Å². The molecule has 0 saturated heterocycles. The second kappa shape index (κ2) is 8.39. The minimum Gasteiger partial charge on any atom is -0.348 e. The minimum atomic E-state index is -0.271. The van der Waals surface area contributed by atoms with Crippen molar-refractivity contribution in [1.82, 2.24) is 19.5 Å². The van der Waals surface area contributed by atoms with E-state index in [1.807, 2.05) is 46.9 Å². The van der Waals surface area contributed by atoms with Crippen molar-refractivity contribution in [3.8, 4) is 11.1 Å². The van der Waals surface area contributed by atoms with Gasteiger partial charge in [-0.25, -0.2) is 4.68 Å². The lowest BCUT2D eigenvalue weighted by Gasteiger charge is -2.14. The lowest BCUT2D eigenvalue weighted by atomic mass is 10.1. The molecule has 0 aliphatic heterocycles. The number of rotatable bonds is 5. The maximum absolute atomic E-state index is 13.2. The highest BCUT2D eigenvalue weighted by atomic mass is 79.9. The molecule has 4 aromatic rings. The number of fused-ring (bicyclic) bond motifs is 2. The molecule has 2 heterocycles. The predicted molar refractivity (Wildman–Crippen MR) is 128 cm³/mol. The SMILES string of the molecule is CCc1c(-c2ccc(Br)cc2)cc2c(=O)n(CC(=O)NC3CCc4ccccc43)ncn12. The first-order valence-electron chi connectivity index (χ1n) is 10.8. The number of carbonyl (C=O) groups excluding carboxylic acids is 1. The van der Waals surface area contributed by atoms with Gasteiger partial charge in [0.05, 0.1) is 6.04 Å². The van der Waals surface area contributed by atoms with Crippen molar-refractivity contribution in [1.29, 1.82) is 0 Å². The van der Waals surface area contributed by atoms with Crippen LogP contribution in [-0.4, -0.2) is 20.1 Å². The Bertz CT molecular complexity index is 1370. The third kappa shape index (κ3) is 3.66. The van der Waals surface area contributed by atoms with E-state index in [1.165, 1.54) is 10.2 Å². The maximum Gasteiger partial charge on any atom is 0.291 e. The van der Waals surface area contributed by atoms with Gasteiger partial charge in [-0.05, 0) is 54.2 Å². The van der Waals surface area contributed by atoms with Crippen molar-refractivity contribution in [2.45, 2.75) is 38.8 Å². The van der Waals surface area contributed by atoms with Crippen LogP contribution in [0.4, 0.5) is 0 Å². The Morgan fingerprint density at radius 3 is 2.75 bits per heavy atom. The van der Waals surface area contributed by atoms with Crippen molar-refractivity contribution in [2.75, 3.05) is 0 Å². The molecule has 1 amide bonds. The summed E-state index contributed by atoms with van der Waals surface area (Å²) >= 11 is 3.47. The Kier molecular flexibility index (Phi) is 5.43. The first kappa shape index (κ1) is 20.7. The van der Waals surface area contributed by atoms with Crippen molar-refractivity contribution >= 4 is 27.4 Å². The van der Waals surface area contributed by atoms with E-state index in [9.17, 15) is 9.59 Å². The Balaban J connectivity index is 1.43. The average Bonchev–Trinajstić information content (AvgIpc) is 3.38. The molecule has 0 saturated carbocycles. The third-order valence-electron chi connectivity index (χ3n) is 6.15. The van der Waals surface area contributed by atoms with Gasteiger partial charge in [-0.1, -0.05) is 59.3 Å². The fourth-order valence-electron chi connectivity index (χ4n) is 4.60. The lowest BCUT2D eigenvalue weighted by molar-refractivity contribution is -0.122. The molecule has 32 heavy (non-hydrogen) atoms. The molecule has 162 valence electrons. The highest BCUT2D eigenvalue weighted by Gasteiger charge is 2.24. The zero-order valence-corrected chi connectivity index (χ0v) is 19.3. The van der Waals surface area contributed by atoms with E-state index in [0.29, 0.717) is 5.52 Å². The monoisotopic (exact) mass is 490 g/mol. The van der Waals surface area contributed by atoms with E-state index in [1.54, 1.807) is 6.33 Å². The van der Waals surface area contributed by atoms with Gasteiger partial charge in [-0.15, -0.1) is 0 Å². The first-order chi connectivity index (χ1) is 15.5. The van der Waals surface area contributed by atoms with E-state index in [4.69, 9.17) is 0 Å².